The Morgan fingerprint density at radius 2 is 1.92 bits per heavy atom. The molecule has 1 amide bonds. The van der Waals surface area contributed by atoms with Crippen LogP contribution in [0.1, 0.15) is 11.4 Å². The standard InChI is InChI=1S/C24H16BrCl2N5O5/c1-13-29-20-7-2-15(25)9-19(20)24(34)31(13)28-11-14-8-17(27)10-21(32(35)36)23(14)37-12-22(33)30-18-5-3-16(26)4-6-18/h2-11H,12H2,1H3,(H,30,33). The second-order valence-corrected chi connectivity index (χ2v) is 9.41. The van der Waals surface area contributed by atoms with Crippen LogP contribution in [0.15, 0.2) is 69.0 Å². The number of nitro benzene ring substituents is 1. The zero-order valence-corrected chi connectivity index (χ0v) is 22.0. The summed E-state index contributed by atoms with van der Waals surface area (Å²) in [4.78, 5) is 40.8. The maximum Gasteiger partial charge on any atom is 0.313 e. The monoisotopic (exact) mass is 603 g/mol. The van der Waals surface area contributed by atoms with E-state index in [1.54, 1.807) is 49.4 Å². The molecule has 10 nitrogen and oxygen atoms in total. The van der Waals surface area contributed by atoms with Crippen LogP contribution >= 0.6 is 39.1 Å². The number of carbonyl (C=O) groups is 1. The van der Waals surface area contributed by atoms with Crippen molar-refractivity contribution in [1.82, 2.24) is 9.66 Å². The fourth-order valence-electron chi connectivity index (χ4n) is 3.37. The highest BCUT2D eigenvalue weighted by Gasteiger charge is 2.22. The van der Waals surface area contributed by atoms with Gasteiger partial charge in [0.25, 0.3) is 11.5 Å². The van der Waals surface area contributed by atoms with Crippen molar-refractivity contribution < 1.29 is 14.5 Å². The van der Waals surface area contributed by atoms with E-state index in [1.165, 1.54) is 12.3 Å². The zero-order chi connectivity index (χ0) is 26.7. The Hall–Kier alpha value is -3.80. The molecule has 0 fully saturated rings. The first-order chi connectivity index (χ1) is 17.6. The molecule has 0 aliphatic carbocycles. The van der Waals surface area contributed by atoms with Gasteiger partial charge in [-0.1, -0.05) is 39.1 Å². The van der Waals surface area contributed by atoms with Gasteiger partial charge in [0.05, 0.1) is 22.0 Å². The Balaban J connectivity index is 1.67. The van der Waals surface area contributed by atoms with Gasteiger partial charge in [-0.15, -0.1) is 0 Å². The molecular weight excluding hydrogens is 589 g/mol. The van der Waals surface area contributed by atoms with Crippen LogP contribution < -0.4 is 15.6 Å². The largest absolute Gasteiger partial charge is 0.476 e. The summed E-state index contributed by atoms with van der Waals surface area (Å²) in [6, 6.07) is 13.9. The van der Waals surface area contributed by atoms with E-state index in [-0.39, 0.29) is 22.2 Å². The van der Waals surface area contributed by atoms with E-state index in [1.807, 2.05) is 0 Å². The second kappa shape index (κ2) is 11.1. The molecule has 0 atom stereocenters. The number of amides is 1. The lowest BCUT2D eigenvalue weighted by molar-refractivity contribution is -0.385. The number of nitrogens with zero attached hydrogens (tertiary/aromatic N) is 4. The Morgan fingerprint density at radius 1 is 1.19 bits per heavy atom. The first-order valence-corrected chi connectivity index (χ1v) is 12.1. The van der Waals surface area contributed by atoms with Gasteiger partial charge in [-0.2, -0.15) is 9.78 Å². The van der Waals surface area contributed by atoms with Crippen LogP contribution in [0.25, 0.3) is 10.9 Å². The Bertz CT molecular complexity index is 1620. The molecule has 0 radical (unpaired) electrons. The summed E-state index contributed by atoms with van der Waals surface area (Å²) in [7, 11) is 0. The topological polar surface area (TPSA) is 129 Å². The zero-order valence-electron chi connectivity index (χ0n) is 18.9. The normalized spacial score (nSPS) is 11.1. The summed E-state index contributed by atoms with van der Waals surface area (Å²) >= 11 is 15.3. The van der Waals surface area contributed by atoms with E-state index in [0.29, 0.717) is 26.1 Å². The molecule has 13 heteroatoms. The van der Waals surface area contributed by atoms with Crippen molar-refractivity contribution in [3.8, 4) is 5.75 Å². The van der Waals surface area contributed by atoms with Crippen molar-refractivity contribution in [3.05, 3.63) is 101 Å². The van der Waals surface area contributed by atoms with E-state index in [9.17, 15) is 19.7 Å². The van der Waals surface area contributed by atoms with Gasteiger partial charge in [0.1, 0.15) is 5.82 Å². The summed E-state index contributed by atoms with van der Waals surface area (Å²) in [5.74, 6) is -0.519. The summed E-state index contributed by atoms with van der Waals surface area (Å²) in [6.45, 7) is 1.05. The lowest BCUT2D eigenvalue weighted by Gasteiger charge is -2.11. The highest BCUT2D eigenvalue weighted by Crippen LogP contribution is 2.34. The number of ether oxygens (including phenoxy) is 1. The third kappa shape index (κ3) is 6.13. The first-order valence-electron chi connectivity index (χ1n) is 10.5. The minimum atomic E-state index is -0.692. The van der Waals surface area contributed by atoms with Gasteiger partial charge in [-0.3, -0.25) is 19.7 Å². The molecule has 0 unspecified atom stereocenters. The van der Waals surface area contributed by atoms with Gasteiger partial charge in [0.2, 0.25) is 5.75 Å². The second-order valence-electron chi connectivity index (χ2n) is 7.63. The SMILES string of the molecule is Cc1nc2ccc(Br)cc2c(=O)n1N=Cc1cc(Cl)cc([N+](=O)[O-])c1OCC(=O)Nc1ccc(Cl)cc1. The van der Waals surface area contributed by atoms with Gasteiger partial charge in [0.15, 0.2) is 6.61 Å². The summed E-state index contributed by atoms with van der Waals surface area (Å²) in [6.07, 6.45) is 1.19. The molecule has 0 saturated heterocycles. The van der Waals surface area contributed by atoms with Crippen molar-refractivity contribution >= 4 is 73.5 Å². The lowest BCUT2D eigenvalue weighted by atomic mass is 10.2. The molecule has 4 aromatic rings. The van der Waals surface area contributed by atoms with Crippen molar-refractivity contribution in [2.24, 2.45) is 5.10 Å². The number of aromatic nitrogens is 2. The van der Waals surface area contributed by atoms with Crippen molar-refractivity contribution in [3.63, 3.8) is 0 Å². The summed E-state index contributed by atoms with van der Waals surface area (Å²) in [5, 5.41) is 19.3. The molecule has 1 aromatic heterocycles. The van der Waals surface area contributed by atoms with Crippen LogP contribution in [0.2, 0.25) is 10.0 Å². The van der Waals surface area contributed by atoms with Gasteiger partial charge < -0.3 is 10.1 Å². The number of nitro groups is 1. The summed E-state index contributed by atoms with van der Waals surface area (Å²) in [5.41, 5.74) is 0.125. The number of benzene rings is 3. The maximum absolute atomic E-state index is 13.0. The summed E-state index contributed by atoms with van der Waals surface area (Å²) < 4.78 is 7.28. The Labute approximate surface area is 227 Å². The molecular formula is C24H16BrCl2N5O5. The maximum atomic E-state index is 13.0. The van der Waals surface area contributed by atoms with Gasteiger partial charge >= 0.3 is 5.69 Å². The molecule has 0 saturated carbocycles. The predicted molar refractivity (Wildman–Crippen MR) is 145 cm³/mol. The molecule has 0 bridgehead atoms. The smallest absolute Gasteiger partial charge is 0.313 e. The minimum absolute atomic E-state index is 0.0377. The average molecular weight is 605 g/mol. The molecule has 0 aliphatic rings. The molecule has 0 spiro atoms. The molecule has 1 heterocycles. The highest BCUT2D eigenvalue weighted by atomic mass is 79.9. The van der Waals surface area contributed by atoms with E-state index >= 15 is 0 Å². The molecule has 37 heavy (non-hydrogen) atoms. The number of fused-ring (bicyclic) bond motifs is 1. The quantitative estimate of drug-likeness (QED) is 0.166. The number of hydrogen-bond donors (Lipinski definition) is 1. The number of rotatable bonds is 7. The van der Waals surface area contributed by atoms with E-state index in [2.05, 4.69) is 31.3 Å². The fraction of sp³-hybridized carbons (Fsp3) is 0.0833. The lowest BCUT2D eigenvalue weighted by Crippen LogP contribution is -2.21. The van der Waals surface area contributed by atoms with E-state index in [0.717, 1.165) is 10.7 Å². The predicted octanol–water partition coefficient (Wildman–Crippen LogP) is 5.58. The first kappa shape index (κ1) is 26.3. The fourth-order valence-corrected chi connectivity index (χ4v) is 4.08. The van der Waals surface area contributed by atoms with Crippen LogP contribution in [-0.2, 0) is 4.79 Å². The Kier molecular flexibility index (Phi) is 7.86. The molecule has 1 N–H and O–H groups in total. The van der Waals surface area contributed by atoms with E-state index in [4.69, 9.17) is 27.9 Å². The number of anilines is 1. The van der Waals surface area contributed by atoms with Crippen LogP contribution in [0.4, 0.5) is 11.4 Å². The highest BCUT2D eigenvalue weighted by molar-refractivity contribution is 9.10. The molecule has 3 aromatic carbocycles. The minimum Gasteiger partial charge on any atom is -0.476 e. The third-order valence-electron chi connectivity index (χ3n) is 5.02. The average Bonchev–Trinajstić information content (AvgIpc) is 2.84. The number of hydrogen-bond acceptors (Lipinski definition) is 7. The number of nitrogens with one attached hydrogen (secondary N) is 1. The number of carbonyl (C=O) groups excluding carboxylic acids is 1. The van der Waals surface area contributed by atoms with Crippen molar-refractivity contribution in [2.75, 3.05) is 11.9 Å². The van der Waals surface area contributed by atoms with Crippen LogP contribution in [0.3, 0.4) is 0 Å². The van der Waals surface area contributed by atoms with Gasteiger partial charge in [0, 0.05) is 31.8 Å². The number of aryl methyl sites for hydroxylation is 1. The molecule has 188 valence electrons. The molecule has 4 rings (SSSR count). The van der Waals surface area contributed by atoms with Crippen LogP contribution in [-0.4, -0.2) is 33.3 Å². The van der Waals surface area contributed by atoms with Gasteiger partial charge in [-0.25, -0.2) is 4.98 Å². The van der Waals surface area contributed by atoms with Crippen LogP contribution in [0.5, 0.6) is 5.75 Å². The third-order valence-corrected chi connectivity index (χ3v) is 5.98. The van der Waals surface area contributed by atoms with Crippen molar-refractivity contribution in [1.29, 1.82) is 0 Å². The van der Waals surface area contributed by atoms with Crippen molar-refractivity contribution in [2.45, 2.75) is 6.92 Å². The van der Waals surface area contributed by atoms with E-state index < -0.39 is 28.7 Å². The Morgan fingerprint density at radius 3 is 2.62 bits per heavy atom. The molecule has 0 aliphatic heterocycles. The number of halogens is 3. The van der Waals surface area contributed by atoms with Crippen LogP contribution in [0, 0.1) is 17.0 Å². The van der Waals surface area contributed by atoms with Gasteiger partial charge in [-0.05, 0) is 55.5 Å².